The number of phenols is 1. The van der Waals surface area contributed by atoms with E-state index < -0.39 is 0 Å². The predicted octanol–water partition coefficient (Wildman–Crippen LogP) is 1.79. The van der Waals surface area contributed by atoms with Crippen LogP contribution >= 0.6 is 0 Å². The highest BCUT2D eigenvalue weighted by Gasteiger charge is 2.35. The van der Waals surface area contributed by atoms with Gasteiger partial charge in [-0.3, -0.25) is 0 Å². The van der Waals surface area contributed by atoms with Gasteiger partial charge in [0, 0.05) is 25.2 Å². The van der Waals surface area contributed by atoms with Gasteiger partial charge in [0.2, 0.25) is 0 Å². The third-order valence-electron chi connectivity index (χ3n) is 4.23. The molecule has 0 spiro atoms. The zero-order chi connectivity index (χ0) is 11.8. The van der Waals surface area contributed by atoms with Crippen LogP contribution in [-0.4, -0.2) is 24.4 Å². The van der Waals surface area contributed by atoms with Gasteiger partial charge in [-0.15, -0.1) is 0 Å². The van der Waals surface area contributed by atoms with Crippen molar-refractivity contribution in [2.45, 2.75) is 31.2 Å². The SMILES string of the molecule is NC1C2CCOCCC1c1cc(O)ccc1C2. The highest BCUT2D eigenvalue weighted by atomic mass is 16.5. The quantitative estimate of drug-likeness (QED) is 0.718. The Morgan fingerprint density at radius 1 is 1.24 bits per heavy atom. The summed E-state index contributed by atoms with van der Waals surface area (Å²) in [4.78, 5) is 0. The second kappa shape index (κ2) is 4.31. The lowest BCUT2D eigenvalue weighted by Crippen LogP contribution is -2.43. The van der Waals surface area contributed by atoms with Gasteiger partial charge in [0.05, 0.1) is 0 Å². The third-order valence-corrected chi connectivity index (χ3v) is 4.23. The minimum atomic E-state index is 0.216. The summed E-state index contributed by atoms with van der Waals surface area (Å²) >= 11 is 0. The van der Waals surface area contributed by atoms with E-state index in [0.717, 1.165) is 32.5 Å². The third kappa shape index (κ3) is 1.94. The number of ether oxygens (including phenoxy) is 1. The molecule has 0 amide bonds. The molecule has 2 bridgehead atoms. The summed E-state index contributed by atoms with van der Waals surface area (Å²) < 4.78 is 5.59. The van der Waals surface area contributed by atoms with Gasteiger partial charge < -0.3 is 15.6 Å². The molecule has 3 unspecified atom stereocenters. The van der Waals surface area contributed by atoms with E-state index in [4.69, 9.17) is 10.5 Å². The minimum absolute atomic E-state index is 0.216. The van der Waals surface area contributed by atoms with E-state index in [2.05, 4.69) is 6.07 Å². The molecule has 0 aromatic heterocycles. The molecule has 0 saturated carbocycles. The van der Waals surface area contributed by atoms with Crippen molar-refractivity contribution in [2.75, 3.05) is 13.2 Å². The first-order chi connectivity index (χ1) is 8.25. The molecule has 1 aliphatic heterocycles. The molecule has 92 valence electrons. The number of fused-ring (bicyclic) bond motifs is 4. The molecule has 1 aliphatic carbocycles. The van der Waals surface area contributed by atoms with Crippen LogP contribution in [-0.2, 0) is 11.2 Å². The van der Waals surface area contributed by atoms with Crippen LogP contribution in [0.4, 0.5) is 0 Å². The lowest BCUT2D eigenvalue weighted by molar-refractivity contribution is 0.0817. The second-order valence-corrected chi connectivity index (χ2v) is 5.22. The average Bonchev–Trinajstić information content (AvgIpc) is 2.32. The Morgan fingerprint density at radius 3 is 2.94 bits per heavy atom. The van der Waals surface area contributed by atoms with Crippen LogP contribution in [0.5, 0.6) is 5.75 Å². The van der Waals surface area contributed by atoms with Crippen molar-refractivity contribution >= 4 is 0 Å². The van der Waals surface area contributed by atoms with Gasteiger partial charge in [0.25, 0.3) is 0 Å². The Labute approximate surface area is 102 Å². The molecule has 0 radical (unpaired) electrons. The monoisotopic (exact) mass is 233 g/mol. The van der Waals surface area contributed by atoms with Crippen molar-refractivity contribution < 1.29 is 9.84 Å². The first-order valence-electron chi connectivity index (χ1n) is 6.41. The molecule has 1 saturated heterocycles. The van der Waals surface area contributed by atoms with Crippen LogP contribution in [0.25, 0.3) is 0 Å². The lowest BCUT2D eigenvalue weighted by Gasteiger charge is -2.39. The Balaban J connectivity index is 2.02. The fourth-order valence-electron chi connectivity index (χ4n) is 3.26. The fraction of sp³-hybridized carbons (Fsp3) is 0.571. The molecule has 1 heterocycles. The van der Waals surface area contributed by atoms with Crippen molar-refractivity contribution in [1.29, 1.82) is 0 Å². The normalized spacial score (nSPS) is 32.4. The number of aromatic hydroxyl groups is 1. The van der Waals surface area contributed by atoms with Gasteiger partial charge in [-0.05, 0) is 48.4 Å². The number of rotatable bonds is 0. The zero-order valence-corrected chi connectivity index (χ0v) is 9.93. The molecule has 3 N–H and O–H groups in total. The summed E-state index contributed by atoms with van der Waals surface area (Å²) in [7, 11) is 0. The molecule has 1 aromatic rings. The topological polar surface area (TPSA) is 55.5 Å². The van der Waals surface area contributed by atoms with Gasteiger partial charge in [0.1, 0.15) is 5.75 Å². The standard InChI is InChI=1S/C14H19NO2/c15-14-10-3-5-17-6-4-12(14)13-8-11(16)2-1-9(13)7-10/h1-2,8,10,12,14,16H,3-7,15H2. The first kappa shape index (κ1) is 11.1. The van der Waals surface area contributed by atoms with Crippen molar-refractivity contribution in [3.63, 3.8) is 0 Å². The molecule has 3 nitrogen and oxygen atoms in total. The molecular weight excluding hydrogens is 214 g/mol. The largest absolute Gasteiger partial charge is 0.508 e. The van der Waals surface area contributed by atoms with Crippen molar-refractivity contribution in [3.05, 3.63) is 29.3 Å². The summed E-state index contributed by atoms with van der Waals surface area (Å²) in [6, 6.07) is 5.94. The number of benzene rings is 1. The first-order valence-corrected chi connectivity index (χ1v) is 6.41. The molecule has 3 atom stereocenters. The van der Waals surface area contributed by atoms with Crippen molar-refractivity contribution in [1.82, 2.24) is 0 Å². The maximum absolute atomic E-state index is 9.63. The fourth-order valence-corrected chi connectivity index (χ4v) is 3.26. The smallest absolute Gasteiger partial charge is 0.115 e. The Kier molecular flexibility index (Phi) is 2.81. The number of nitrogens with two attached hydrogens (primary N) is 1. The highest BCUT2D eigenvalue weighted by Crippen LogP contribution is 2.39. The van der Waals surface area contributed by atoms with E-state index in [0.29, 0.717) is 17.6 Å². The van der Waals surface area contributed by atoms with E-state index in [9.17, 15) is 5.11 Å². The van der Waals surface area contributed by atoms with Crippen LogP contribution in [0, 0.1) is 5.92 Å². The van der Waals surface area contributed by atoms with Gasteiger partial charge in [-0.25, -0.2) is 0 Å². The summed E-state index contributed by atoms with van der Waals surface area (Å²) in [5.41, 5.74) is 8.98. The van der Waals surface area contributed by atoms with Crippen LogP contribution in [0.2, 0.25) is 0 Å². The molecule has 3 rings (SSSR count). The molecular formula is C14H19NO2. The molecule has 2 aliphatic rings. The zero-order valence-electron chi connectivity index (χ0n) is 9.93. The molecule has 1 fully saturated rings. The maximum atomic E-state index is 9.63. The van der Waals surface area contributed by atoms with Gasteiger partial charge in [-0.1, -0.05) is 6.07 Å². The maximum Gasteiger partial charge on any atom is 0.115 e. The van der Waals surface area contributed by atoms with E-state index in [-0.39, 0.29) is 6.04 Å². The number of hydrogen-bond acceptors (Lipinski definition) is 3. The van der Waals surface area contributed by atoms with E-state index >= 15 is 0 Å². The summed E-state index contributed by atoms with van der Waals surface area (Å²) in [6.07, 6.45) is 3.04. The summed E-state index contributed by atoms with van der Waals surface area (Å²) in [5.74, 6) is 1.21. The molecule has 1 aromatic carbocycles. The summed E-state index contributed by atoms with van der Waals surface area (Å²) in [5, 5.41) is 9.63. The molecule has 3 heteroatoms. The van der Waals surface area contributed by atoms with Crippen LogP contribution in [0.3, 0.4) is 0 Å². The average molecular weight is 233 g/mol. The van der Waals surface area contributed by atoms with Crippen molar-refractivity contribution in [3.8, 4) is 5.75 Å². The van der Waals surface area contributed by atoms with Crippen LogP contribution in [0.15, 0.2) is 18.2 Å². The van der Waals surface area contributed by atoms with E-state index in [1.54, 1.807) is 6.07 Å². The van der Waals surface area contributed by atoms with Gasteiger partial charge in [0.15, 0.2) is 0 Å². The lowest BCUT2D eigenvalue weighted by atomic mass is 9.71. The number of phenolic OH excluding ortho intramolecular Hbond substituents is 1. The molecule has 17 heavy (non-hydrogen) atoms. The van der Waals surface area contributed by atoms with Crippen LogP contribution < -0.4 is 5.73 Å². The van der Waals surface area contributed by atoms with E-state index in [1.165, 1.54) is 11.1 Å². The van der Waals surface area contributed by atoms with Crippen molar-refractivity contribution in [2.24, 2.45) is 11.7 Å². The number of hydrogen-bond donors (Lipinski definition) is 2. The highest BCUT2D eigenvalue weighted by molar-refractivity contribution is 5.40. The Morgan fingerprint density at radius 2 is 2.06 bits per heavy atom. The predicted molar refractivity (Wildman–Crippen MR) is 66.1 cm³/mol. The van der Waals surface area contributed by atoms with Gasteiger partial charge in [-0.2, -0.15) is 0 Å². The van der Waals surface area contributed by atoms with Gasteiger partial charge >= 0.3 is 0 Å². The van der Waals surface area contributed by atoms with Crippen LogP contribution in [0.1, 0.15) is 29.9 Å². The summed E-state index contributed by atoms with van der Waals surface area (Å²) in [6.45, 7) is 1.61. The Hall–Kier alpha value is -1.06. The Bertz CT molecular complexity index is 419. The minimum Gasteiger partial charge on any atom is -0.508 e. The second-order valence-electron chi connectivity index (χ2n) is 5.22. The van der Waals surface area contributed by atoms with E-state index in [1.807, 2.05) is 6.07 Å².